The summed E-state index contributed by atoms with van der Waals surface area (Å²) in [5, 5.41) is 43.3. The van der Waals surface area contributed by atoms with Crippen molar-refractivity contribution in [3.63, 3.8) is 0 Å². The van der Waals surface area contributed by atoms with Gasteiger partial charge in [0.1, 0.15) is 5.75 Å². The molecule has 0 radical (unpaired) electrons. The smallest absolute Gasteiger partial charge is 0.234 e. The van der Waals surface area contributed by atoms with Crippen LogP contribution < -0.4 is 0 Å². The van der Waals surface area contributed by atoms with Crippen LogP contribution in [-0.4, -0.2) is 56.5 Å². The van der Waals surface area contributed by atoms with Crippen LogP contribution in [0.1, 0.15) is 43.0 Å². The van der Waals surface area contributed by atoms with Crippen LogP contribution in [0.25, 0.3) is 6.08 Å². The number of allylic oxidation sites excluding steroid dienone is 1. The topological polar surface area (TPSA) is 118 Å². The molecule has 192 valence electrons. The van der Waals surface area contributed by atoms with E-state index in [1.807, 2.05) is 36.6 Å². The van der Waals surface area contributed by atoms with E-state index in [0.29, 0.717) is 24.0 Å². The molecule has 2 heterocycles. The lowest BCUT2D eigenvalue weighted by atomic mass is 9.68. The number of benzene rings is 1. The van der Waals surface area contributed by atoms with Gasteiger partial charge in [0.15, 0.2) is 0 Å². The standard InChI is InChI=1S/C28H33NO6S/c1-2-17(11-18-5-3-6-20(32)12-18)8-9-24(33)25-19(15-30)13-22-26(23(25)16-31)28(35)29(27(22)34)14-21-7-4-10-36-21/h3-7,10-12,22-24,26,30-33H,2,8-9,13-16H2,1H3/b17-11+/t22-,23+,24-,26-/m1/s1. The number of imide groups is 1. The molecule has 0 bridgehead atoms. The van der Waals surface area contributed by atoms with Crippen molar-refractivity contribution in [3.05, 3.63) is 68.9 Å². The number of fused-ring (bicyclic) bond motifs is 1. The number of rotatable bonds is 10. The van der Waals surface area contributed by atoms with Crippen LogP contribution in [-0.2, 0) is 16.1 Å². The summed E-state index contributed by atoms with van der Waals surface area (Å²) in [4.78, 5) is 28.7. The largest absolute Gasteiger partial charge is 0.508 e. The molecule has 2 amide bonds. The lowest BCUT2D eigenvalue weighted by molar-refractivity contribution is -0.140. The highest BCUT2D eigenvalue weighted by Crippen LogP contribution is 2.46. The van der Waals surface area contributed by atoms with Crippen molar-refractivity contribution in [1.29, 1.82) is 0 Å². The normalized spacial score (nSPS) is 23.4. The maximum absolute atomic E-state index is 13.4. The Labute approximate surface area is 215 Å². The van der Waals surface area contributed by atoms with Crippen LogP contribution in [0, 0.1) is 17.8 Å². The molecule has 1 aromatic carbocycles. The number of aromatic hydroxyl groups is 1. The summed E-state index contributed by atoms with van der Waals surface area (Å²) in [6, 6.07) is 10.7. The average molecular weight is 512 g/mol. The molecule has 36 heavy (non-hydrogen) atoms. The van der Waals surface area contributed by atoms with Gasteiger partial charge < -0.3 is 20.4 Å². The van der Waals surface area contributed by atoms with Crippen LogP contribution in [0.2, 0.25) is 0 Å². The maximum atomic E-state index is 13.4. The molecule has 1 aliphatic carbocycles. The quantitative estimate of drug-likeness (QED) is 0.287. The first-order chi connectivity index (χ1) is 17.4. The van der Waals surface area contributed by atoms with Crippen molar-refractivity contribution in [2.75, 3.05) is 13.2 Å². The van der Waals surface area contributed by atoms with E-state index in [9.17, 15) is 30.0 Å². The number of carbonyl (C=O) groups is 2. The highest BCUT2D eigenvalue weighted by Gasteiger charge is 2.54. The molecule has 4 rings (SSSR count). The molecule has 2 aliphatic rings. The van der Waals surface area contributed by atoms with E-state index in [1.54, 1.807) is 18.2 Å². The van der Waals surface area contributed by atoms with Crippen molar-refractivity contribution in [3.8, 4) is 5.75 Å². The molecule has 2 aromatic rings. The Morgan fingerprint density at radius 2 is 2.00 bits per heavy atom. The van der Waals surface area contributed by atoms with Gasteiger partial charge in [-0.05, 0) is 66.0 Å². The Morgan fingerprint density at radius 1 is 1.19 bits per heavy atom. The molecular weight excluding hydrogens is 478 g/mol. The van der Waals surface area contributed by atoms with E-state index in [0.717, 1.165) is 22.4 Å². The molecule has 1 aromatic heterocycles. The zero-order valence-corrected chi connectivity index (χ0v) is 21.2. The number of aliphatic hydroxyl groups excluding tert-OH is 3. The number of likely N-dealkylation sites (tertiary alicyclic amines) is 1. The third kappa shape index (κ3) is 5.32. The number of thiophene rings is 1. The Kier molecular flexibility index (Phi) is 8.41. The number of hydrogen-bond donors (Lipinski definition) is 4. The molecule has 0 saturated carbocycles. The summed E-state index contributed by atoms with van der Waals surface area (Å²) in [6.45, 7) is 1.50. The highest BCUT2D eigenvalue weighted by molar-refractivity contribution is 7.09. The fourth-order valence-electron chi connectivity index (χ4n) is 5.56. The van der Waals surface area contributed by atoms with E-state index in [2.05, 4.69) is 0 Å². The number of aliphatic hydroxyl groups is 3. The molecule has 0 unspecified atom stereocenters. The second-order valence-electron chi connectivity index (χ2n) is 9.49. The van der Waals surface area contributed by atoms with Crippen LogP contribution in [0.4, 0.5) is 0 Å². The van der Waals surface area contributed by atoms with Crippen LogP contribution >= 0.6 is 11.3 Å². The number of phenols is 1. The van der Waals surface area contributed by atoms with E-state index in [1.165, 1.54) is 16.2 Å². The van der Waals surface area contributed by atoms with Gasteiger partial charge in [-0.1, -0.05) is 36.8 Å². The van der Waals surface area contributed by atoms with Gasteiger partial charge in [-0.2, -0.15) is 0 Å². The van der Waals surface area contributed by atoms with Gasteiger partial charge in [-0.15, -0.1) is 11.3 Å². The first kappa shape index (κ1) is 26.3. The Morgan fingerprint density at radius 3 is 2.64 bits per heavy atom. The van der Waals surface area contributed by atoms with Crippen LogP contribution in [0.3, 0.4) is 0 Å². The van der Waals surface area contributed by atoms with Gasteiger partial charge in [0, 0.05) is 10.8 Å². The van der Waals surface area contributed by atoms with Crippen molar-refractivity contribution in [2.24, 2.45) is 17.8 Å². The number of hydrogen-bond acceptors (Lipinski definition) is 7. The van der Waals surface area contributed by atoms with Crippen LogP contribution in [0.5, 0.6) is 5.75 Å². The van der Waals surface area contributed by atoms with E-state index in [-0.39, 0.29) is 43.7 Å². The van der Waals surface area contributed by atoms with Gasteiger partial charge >= 0.3 is 0 Å². The Hall–Kier alpha value is -2.78. The summed E-state index contributed by atoms with van der Waals surface area (Å²) >= 11 is 1.47. The maximum Gasteiger partial charge on any atom is 0.234 e. The van der Waals surface area contributed by atoms with Gasteiger partial charge in [0.25, 0.3) is 0 Å². The predicted molar refractivity (Wildman–Crippen MR) is 138 cm³/mol. The summed E-state index contributed by atoms with van der Waals surface area (Å²) in [7, 11) is 0. The average Bonchev–Trinajstić information content (AvgIpc) is 3.48. The lowest BCUT2D eigenvalue weighted by Crippen LogP contribution is -2.39. The molecule has 0 spiro atoms. The van der Waals surface area contributed by atoms with Gasteiger partial charge in [-0.3, -0.25) is 14.5 Å². The molecule has 1 aliphatic heterocycles. The second-order valence-corrected chi connectivity index (χ2v) is 10.5. The minimum Gasteiger partial charge on any atom is -0.508 e. The summed E-state index contributed by atoms with van der Waals surface area (Å²) < 4.78 is 0. The molecule has 1 fully saturated rings. The Bertz CT molecular complexity index is 1150. The minimum absolute atomic E-state index is 0.184. The van der Waals surface area contributed by atoms with E-state index < -0.39 is 23.9 Å². The molecule has 4 N–H and O–H groups in total. The Balaban J connectivity index is 1.54. The first-order valence-corrected chi connectivity index (χ1v) is 13.2. The third-order valence-corrected chi connectivity index (χ3v) is 8.21. The summed E-state index contributed by atoms with van der Waals surface area (Å²) in [5.74, 6) is -2.51. The van der Waals surface area contributed by atoms with Crippen molar-refractivity contribution in [2.45, 2.75) is 45.3 Å². The van der Waals surface area contributed by atoms with Gasteiger partial charge in [0.2, 0.25) is 11.8 Å². The number of phenolic OH excluding ortho intramolecular Hbond substituents is 1. The molecular formula is C28H33NO6S. The summed E-state index contributed by atoms with van der Waals surface area (Å²) in [5.41, 5.74) is 2.98. The molecule has 1 saturated heterocycles. The van der Waals surface area contributed by atoms with Crippen molar-refractivity contribution >= 4 is 29.2 Å². The van der Waals surface area contributed by atoms with Gasteiger partial charge in [-0.25, -0.2) is 0 Å². The summed E-state index contributed by atoms with van der Waals surface area (Å²) in [6.07, 6.45) is 2.91. The lowest BCUT2D eigenvalue weighted by Gasteiger charge is -2.36. The number of nitrogens with zero attached hydrogens (tertiary/aromatic N) is 1. The molecule has 4 atom stereocenters. The molecule has 7 nitrogen and oxygen atoms in total. The third-order valence-electron chi connectivity index (χ3n) is 7.35. The fraction of sp³-hybridized carbons (Fsp3) is 0.429. The van der Waals surface area contributed by atoms with E-state index >= 15 is 0 Å². The zero-order chi connectivity index (χ0) is 25.8. The van der Waals surface area contributed by atoms with E-state index in [4.69, 9.17) is 0 Å². The van der Waals surface area contributed by atoms with Crippen molar-refractivity contribution < 1.29 is 30.0 Å². The molecule has 8 heteroatoms. The highest BCUT2D eigenvalue weighted by atomic mass is 32.1. The predicted octanol–water partition coefficient (Wildman–Crippen LogP) is 3.49. The first-order valence-electron chi connectivity index (χ1n) is 12.4. The number of carbonyl (C=O) groups excluding carboxylic acids is 2. The number of amides is 2. The second kappa shape index (κ2) is 11.5. The fourth-order valence-corrected chi connectivity index (χ4v) is 6.26. The van der Waals surface area contributed by atoms with Crippen LogP contribution in [0.15, 0.2) is 58.5 Å². The monoisotopic (exact) mass is 511 g/mol. The zero-order valence-electron chi connectivity index (χ0n) is 20.3. The minimum atomic E-state index is -0.960. The SMILES string of the molecule is CC/C(=C\c1cccc(O)c1)CC[C@@H](O)C1=C(CO)C[C@H]2C(=O)N(Cc3cccs3)C(=O)[C@H]2[C@H]1CO. The van der Waals surface area contributed by atoms with Crippen molar-refractivity contribution in [1.82, 2.24) is 4.90 Å². The van der Waals surface area contributed by atoms with Gasteiger partial charge in [0.05, 0.1) is 37.7 Å².